The van der Waals surface area contributed by atoms with Crippen molar-refractivity contribution in [3.05, 3.63) is 89.5 Å². The van der Waals surface area contributed by atoms with E-state index >= 15 is 0 Å². The molecule has 6 nitrogen and oxygen atoms in total. The normalized spacial score (nSPS) is 10.5. The molecule has 3 aromatic carbocycles. The summed E-state index contributed by atoms with van der Waals surface area (Å²) in [7, 11) is 4.43. The molecule has 3 rings (SSSR count). The first-order chi connectivity index (χ1) is 15.6. The maximum atomic E-state index is 12.7. The van der Waals surface area contributed by atoms with E-state index < -0.39 is 5.97 Å². The molecule has 166 valence electrons. The van der Waals surface area contributed by atoms with Gasteiger partial charge < -0.3 is 18.9 Å². The number of carbonyl (C=O) groups excluding carboxylic acids is 2. The Hall–Kier alpha value is -3.80. The first-order valence-corrected chi connectivity index (χ1v) is 10.2. The zero-order chi connectivity index (χ0) is 22.9. The van der Waals surface area contributed by atoms with Gasteiger partial charge in [-0.3, -0.25) is 9.59 Å². The van der Waals surface area contributed by atoms with E-state index in [2.05, 4.69) is 0 Å². The van der Waals surface area contributed by atoms with Crippen LogP contribution in [0.5, 0.6) is 17.2 Å². The molecule has 0 fully saturated rings. The largest absolute Gasteiger partial charge is 0.493 e. The van der Waals surface area contributed by atoms with Crippen LogP contribution in [0.2, 0.25) is 0 Å². The fourth-order valence-electron chi connectivity index (χ4n) is 3.50. The second-order valence-corrected chi connectivity index (χ2v) is 7.08. The topological polar surface area (TPSA) is 71.1 Å². The molecule has 0 aliphatic carbocycles. The van der Waals surface area contributed by atoms with Crippen LogP contribution in [0.1, 0.15) is 33.8 Å². The smallest absolute Gasteiger partial charge is 0.307 e. The van der Waals surface area contributed by atoms with Crippen LogP contribution in [0.25, 0.3) is 0 Å². The third-order valence-electron chi connectivity index (χ3n) is 5.13. The molecular formula is C26H26O6. The van der Waals surface area contributed by atoms with Gasteiger partial charge >= 0.3 is 5.97 Å². The third-order valence-corrected chi connectivity index (χ3v) is 5.13. The number of benzene rings is 3. The minimum Gasteiger partial charge on any atom is -0.493 e. The summed E-state index contributed by atoms with van der Waals surface area (Å²) in [6.07, 6.45) is 0.122. The third kappa shape index (κ3) is 5.46. The zero-order valence-electron chi connectivity index (χ0n) is 18.4. The van der Waals surface area contributed by atoms with Gasteiger partial charge in [0.1, 0.15) is 0 Å². The van der Waals surface area contributed by atoms with Crippen molar-refractivity contribution in [2.75, 3.05) is 27.9 Å². The number of hydrogen-bond acceptors (Lipinski definition) is 6. The summed E-state index contributed by atoms with van der Waals surface area (Å²) in [5.41, 5.74) is 2.31. The fraction of sp³-hybridized carbons (Fsp3) is 0.231. The van der Waals surface area contributed by atoms with Gasteiger partial charge in [-0.05, 0) is 23.3 Å². The van der Waals surface area contributed by atoms with Gasteiger partial charge in [-0.25, -0.2) is 0 Å². The van der Waals surface area contributed by atoms with E-state index in [4.69, 9.17) is 18.9 Å². The highest BCUT2D eigenvalue weighted by atomic mass is 16.5. The van der Waals surface area contributed by atoms with Crippen LogP contribution in [0.4, 0.5) is 0 Å². The Bertz CT molecular complexity index is 982. The molecule has 0 spiro atoms. The van der Waals surface area contributed by atoms with Crippen molar-refractivity contribution in [1.29, 1.82) is 0 Å². The highest BCUT2D eigenvalue weighted by Gasteiger charge is 2.21. The molecule has 0 unspecified atom stereocenters. The first-order valence-electron chi connectivity index (χ1n) is 10.2. The van der Waals surface area contributed by atoms with Crippen molar-refractivity contribution in [2.45, 2.75) is 12.3 Å². The minimum absolute atomic E-state index is 0.122. The average molecular weight is 434 g/mol. The predicted molar refractivity (Wildman–Crippen MR) is 121 cm³/mol. The molecule has 0 amide bonds. The lowest BCUT2D eigenvalue weighted by Crippen LogP contribution is -2.17. The molecule has 0 saturated heterocycles. The Balaban J connectivity index is 1.71. The monoisotopic (exact) mass is 434 g/mol. The second kappa shape index (κ2) is 11.0. The number of esters is 1. The van der Waals surface area contributed by atoms with E-state index in [1.54, 1.807) is 0 Å². The average Bonchev–Trinajstić information content (AvgIpc) is 2.85. The molecule has 6 heteroatoms. The van der Waals surface area contributed by atoms with Crippen LogP contribution in [-0.4, -0.2) is 39.7 Å². The Morgan fingerprint density at radius 3 is 1.69 bits per heavy atom. The Kier molecular flexibility index (Phi) is 7.86. The molecule has 0 radical (unpaired) electrons. The van der Waals surface area contributed by atoms with Gasteiger partial charge in [0, 0.05) is 11.5 Å². The number of ketones is 1. The van der Waals surface area contributed by atoms with E-state index in [0.717, 1.165) is 11.1 Å². The number of ether oxygens (including phenoxy) is 4. The van der Waals surface area contributed by atoms with Crippen molar-refractivity contribution < 1.29 is 28.5 Å². The summed E-state index contributed by atoms with van der Waals surface area (Å²) in [4.78, 5) is 25.3. The summed E-state index contributed by atoms with van der Waals surface area (Å²) in [6, 6.07) is 22.6. The number of hydrogen-bond donors (Lipinski definition) is 0. The molecular weight excluding hydrogens is 408 g/mol. The molecule has 0 aliphatic heterocycles. The van der Waals surface area contributed by atoms with E-state index in [1.807, 2.05) is 60.7 Å². The summed E-state index contributed by atoms with van der Waals surface area (Å²) in [5, 5.41) is 0. The SMILES string of the molecule is COc1cc(C(=O)COC(=O)CC(c2ccccc2)c2ccccc2)cc(OC)c1OC. The van der Waals surface area contributed by atoms with Gasteiger partial charge in [0.05, 0.1) is 27.8 Å². The van der Waals surface area contributed by atoms with E-state index in [-0.39, 0.29) is 24.7 Å². The van der Waals surface area contributed by atoms with Crippen LogP contribution in [-0.2, 0) is 9.53 Å². The van der Waals surface area contributed by atoms with Crippen LogP contribution in [0, 0.1) is 0 Å². The van der Waals surface area contributed by atoms with Crippen molar-refractivity contribution in [3.8, 4) is 17.2 Å². The molecule has 3 aromatic rings. The number of carbonyl (C=O) groups is 2. The van der Waals surface area contributed by atoms with Crippen molar-refractivity contribution in [3.63, 3.8) is 0 Å². The van der Waals surface area contributed by atoms with Gasteiger partial charge in [0.2, 0.25) is 11.5 Å². The maximum Gasteiger partial charge on any atom is 0.307 e. The lowest BCUT2D eigenvalue weighted by atomic mass is 9.89. The summed E-state index contributed by atoms with van der Waals surface area (Å²) in [5.74, 6) is 0.111. The summed E-state index contributed by atoms with van der Waals surface area (Å²) in [6.45, 7) is -0.381. The van der Waals surface area contributed by atoms with Gasteiger partial charge in [-0.15, -0.1) is 0 Å². The Morgan fingerprint density at radius 1 is 0.750 bits per heavy atom. The lowest BCUT2D eigenvalue weighted by Gasteiger charge is -2.17. The van der Waals surface area contributed by atoms with E-state index in [0.29, 0.717) is 22.8 Å². The number of methoxy groups -OCH3 is 3. The summed E-state index contributed by atoms with van der Waals surface area (Å²) >= 11 is 0. The lowest BCUT2D eigenvalue weighted by molar-refractivity contribution is -0.142. The van der Waals surface area contributed by atoms with E-state index in [1.165, 1.54) is 33.5 Å². The molecule has 0 saturated carbocycles. The molecule has 0 N–H and O–H groups in total. The first kappa shape index (κ1) is 22.9. The fourth-order valence-corrected chi connectivity index (χ4v) is 3.50. The zero-order valence-corrected chi connectivity index (χ0v) is 18.4. The Morgan fingerprint density at radius 2 is 1.25 bits per heavy atom. The van der Waals surface area contributed by atoms with Gasteiger partial charge in [0.25, 0.3) is 0 Å². The van der Waals surface area contributed by atoms with Crippen molar-refractivity contribution in [2.24, 2.45) is 0 Å². The standard InChI is InChI=1S/C26H26O6/c1-29-23-14-20(15-24(30-2)26(23)31-3)22(27)17-32-25(28)16-21(18-10-6-4-7-11-18)19-12-8-5-9-13-19/h4-15,21H,16-17H2,1-3H3. The van der Waals surface area contributed by atoms with Gasteiger partial charge in [-0.2, -0.15) is 0 Å². The molecule has 0 heterocycles. The maximum absolute atomic E-state index is 12.7. The van der Waals surface area contributed by atoms with Crippen LogP contribution in [0.15, 0.2) is 72.8 Å². The van der Waals surface area contributed by atoms with Gasteiger partial charge in [0.15, 0.2) is 18.1 Å². The molecule has 0 aliphatic rings. The van der Waals surface area contributed by atoms with Crippen molar-refractivity contribution >= 4 is 11.8 Å². The molecule has 0 bridgehead atoms. The highest BCUT2D eigenvalue weighted by molar-refractivity contribution is 5.99. The summed E-state index contributed by atoms with van der Waals surface area (Å²) < 4.78 is 21.2. The van der Waals surface area contributed by atoms with Crippen LogP contribution < -0.4 is 14.2 Å². The highest BCUT2D eigenvalue weighted by Crippen LogP contribution is 2.38. The van der Waals surface area contributed by atoms with Crippen LogP contribution in [0.3, 0.4) is 0 Å². The predicted octanol–water partition coefficient (Wildman–Crippen LogP) is 4.66. The van der Waals surface area contributed by atoms with E-state index in [9.17, 15) is 9.59 Å². The second-order valence-electron chi connectivity index (χ2n) is 7.08. The number of Topliss-reactive ketones (excluding diaryl/α,β-unsaturated/α-hetero) is 1. The quantitative estimate of drug-likeness (QED) is 0.341. The Labute approximate surface area is 187 Å². The minimum atomic E-state index is -0.455. The molecule has 32 heavy (non-hydrogen) atoms. The van der Waals surface area contributed by atoms with Crippen molar-refractivity contribution in [1.82, 2.24) is 0 Å². The molecule has 0 aromatic heterocycles. The number of rotatable bonds is 10. The molecule has 0 atom stereocenters. The van der Waals surface area contributed by atoms with Crippen LogP contribution >= 0.6 is 0 Å². The van der Waals surface area contributed by atoms with Gasteiger partial charge in [-0.1, -0.05) is 60.7 Å².